The van der Waals surface area contributed by atoms with Gasteiger partial charge in [-0.3, -0.25) is 14.1 Å². The minimum absolute atomic E-state index is 0.128. The van der Waals surface area contributed by atoms with Crippen LogP contribution >= 0.6 is 7.82 Å². The highest BCUT2D eigenvalue weighted by Crippen LogP contribution is 2.36. The van der Waals surface area contributed by atoms with Gasteiger partial charge in [0.2, 0.25) is 0 Å². The van der Waals surface area contributed by atoms with Gasteiger partial charge in [0.25, 0.3) is 0 Å². The molecule has 1 rings (SSSR count). The highest BCUT2D eigenvalue weighted by atomic mass is 31.2. The smallest absolute Gasteiger partial charge is 0.462 e. The third-order valence-electron chi connectivity index (χ3n) is 8.51. The molecule has 0 aromatic heterocycles. The largest absolute Gasteiger partial charge is 0.469 e. The topological polar surface area (TPSA) is 132 Å². The second kappa shape index (κ2) is 35.4. The zero-order valence-electron chi connectivity index (χ0n) is 33.7. The van der Waals surface area contributed by atoms with Crippen molar-refractivity contribution in [1.29, 1.82) is 0 Å². The minimum atomic E-state index is -4.79. The zero-order chi connectivity index (χ0) is 40.1. The molecule has 0 radical (unpaired) electrons. The molecule has 2 unspecified atom stereocenters. The molecule has 1 aliphatic rings. The number of carbonyl (C=O) groups is 2. The van der Waals surface area contributed by atoms with E-state index in [1.807, 2.05) is 0 Å². The Balaban J connectivity index is 2.17. The molecule has 0 aliphatic carbocycles. The van der Waals surface area contributed by atoms with Crippen molar-refractivity contribution in [3.63, 3.8) is 0 Å². The first-order chi connectivity index (χ1) is 26.7. The molecule has 55 heavy (non-hydrogen) atoms. The number of unbranched alkanes of at least 4 members (excludes halogenated alkanes) is 6. The molecule has 1 heterocycles. The quantitative estimate of drug-likeness (QED) is 0.0212. The Morgan fingerprint density at radius 2 is 1.11 bits per heavy atom. The molecular weight excluding hydrogens is 715 g/mol. The van der Waals surface area contributed by atoms with E-state index in [9.17, 15) is 14.2 Å². The second-order valence-electron chi connectivity index (χ2n) is 13.6. The van der Waals surface area contributed by atoms with Gasteiger partial charge < -0.3 is 24.0 Å². The molecule has 2 N–H and O–H groups in total. The van der Waals surface area contributed by atoms with Gasteiger partial charge in [-0.1, -0.05) is 130 Å². The lowest BCUT2D eigenvalue weighted by molar-refractivity contribution is -0.161. The highest BCUT2D eigenvalue weighted by molar-refractivity contribution is 7.46. The number of phosphoric acid groups is 1. The summed E-state index contributed by atoms with van der Waals surface area (Å²) in [5, 5.41) is 0. The van der Waals surface area contributed by atoms with E-state index >= 15 is 0 Å². The number of allylic oxidation sites excluding steroid dienone is 15. The van der Waals surface area contributed by atoms with Gasteiger partial charge in [0.15, 0.2) is 6.10 Å². The molecule has 310 valence electrons. The summed E-state index contributed by atoms with van der Waals surface area (Å²) in [5.41, 5.74) is 0. The Morgan fingerprint density at radius 1 is 0.600 bits per heavy atom. The molecule has 9 nitrogen and oxygen atoms in total. The van der Waals surface area contributed by atoms with Gasteiger partial charge in [-0.2, -0.15) is 0 Å². The van der Waals surface area contributed by atoms with E-state index in [0.717, 1.165) is 83.5 Å². The van der Waals surface area contributed by atoms with Gasteiger partial charge in [-0.25, -0.2) is 4.57 Å². The fourth-order valence-corrected chi connectivity index (χ4v) is 5.73. The molecule has 1 fully saturated rings. The Bertz CT molecular complexity index is 1270. The van der Waals surface area contributed by atoms with E-state index in [4.69, 9.17) is 24.0 Å². The van der Waals surface area contributed by atoms with Crippen molar-refractivity contribution in [2.24, 2.45) is 0 Å². The third kappa shape index (κ3) is 35.1. The number of hydrogen-bond acceptors (Lipinski definition) is 7. The van der Waals surface area contributed by atoms with E-state index in [1.165, 1.54) is 19.3 Å². The summed E-state index contributed by atoms with van der Waals surface area (Å²) in [5.74, 6) is -1.01. The number of phosphoric ester groups is 1. The maximum Gasteiger partial charge on any atom is 0.469 e. The van der Waals surface area contributed by atoms with E-state index in [0.29, 0.717) is 12.8 Å². The van der Waals surface area contributed by atoms with Crippen molar-refractivity contribution < 1.29 is 42.7 Å². The highest BCUT2D eigenvalue weighted by Gasteiger charge is 2.36. The van der Waals surface area contributed by atoms with Crippen LogP contribution in [0.3, 0.4) is 0 Å². The summed E-state index contributed by atoms with van der Waals surface area (Å²) in [7, 11) is -4.79. The van der Waals surface area contributed by atoms with Gasteiger partial charge in [-0.15, -0.1) is 0 Å². The van der Waals surface area contributed by atoms with E-state index in [1.54, 1.807) is 0 Å². The number of carbonyl (C=O) groups excluding carboxylic acids is 2. The van der Waals surface area contributed by atoms with Crippen molar-refractivity contribution in [2.75, 3.05) is 13.2 Å². The Morgan fingerprint density at radius 3 is 1.65 bits per heavy atom. The first-order valence-electron chi connectivity index (χ1n) is 20.7. The Hall–Kier alpha value is -3.07. The molecule has 0 amide bonds. The molecule has 1 aliphatic heterocycles. The number of ether oxygens (including phenoxy) is 3. The molecule has 0 aromatic carbocycles. The molecule has 0 bridgehead atoms. The maximum atomic E-state index is 12.4. The van der Waals surface area contributed by atoms with Crippen LogP contribution in [0.4, 0.5) is 0 Å². The lowest BCUT2D eigenvalue weighted by Crippen LogP contribution is -2.29. The van der Waals surface area contributed by atoms with Crippen molar-refractivity contribution >= 4 is 19.8 Å². The number of esters is 2. The predicted molar refractivity (Wildman–Crippen MR) is 224 cm³/mol. The lowest BCUT2D eigenvalue weighted by Gasteiger charge is -2.18. The van der Waals surface area contributed by atoms with Crippen LogP contribution in [0.2, 0.25) is 0 Å². The lowest BCUT2D eigenvalue weighted by atomic mass is 10.1. The van der Waals surface area contributed by atoms with Gasteiger partial charge in [0, 0.05) is 12.8 Å². The molecular formula is C45H71O9P. The SMILES string of the molecule is CC/C=C\C/C=C\C/C=C\C/C=C\C/C=C\CCCCCC(=O)O[C@H](COC(=O)CCCC1OC1C/C=C\C/C=C\C/C=C\CCCCC)COP(=O)(O)O. The molecule has 0 aromatic rings. The van der Waals surface area contributed by atoms with Crippen molar-refractivity contribution in [2.45, 2.75) is 161 Å². The number of rotatable bonds is 35. The summed E-state index contributed by atoms with van der Waals surface area (Å²) in [6.45, 7) is 3.43. The standard InChI is InChI=1S/C45H71O9P/c1-3-5-7-9-11-13-15-17-18-19-20-21-22-23-25-27-29-31-33-37-45(47)53-41(40-52-55(48,49)50)39-51-44(46)38-34-36-43-42(54-43)35-32-30-28-26-24-16-14-12-10-8-6-4-2/h5,7,11-14,17-18,20-21,23-26,30,32,41-43H,3-4,6,8-10,15-16,19,22,27-29,31,33-40H2,1-2H3,(H2,48,49,50)/b7-5-,13-11-,14-12-,18-17-,21-20-,25-23-,26-24-,32-30-/t41-,42?,43?/m1/s1. The van der Waals surface area contributed by atoms with Gasteiger partial charge >= 0.3 is 19.8 Å². The minimum Gasteiger partial charge on any atom is -0.462 e. The summed E-state index contributed by atoms with van der Waals surface area (Å²) in [4.78, 5) is 43.0. The predicted octanol–water partition coefficient (Wildman–Crippen LogP) is 11.6. The fourth-order valence-electron chi connectivity index (χ4n) is 5.37. The van der Waals surface area contributed by atoms with Gasteiger partial charge in [0.1, 0.15) is 6.61 Å². The van der Waals surface area contributed by atoms with Crippen molar-refractivity contribution in [1.82, 2.24) is 0 Å². The monoisotopic (exact) mass is 786 g/mol. The summed E-state index contributed by atoms with van der Waals surface area (Å²) in [6.07, 6.45) is 51.4. The van der Waals surface area contributed by atoms with E-state index < -0.39 is 32.5 Å². The van der Waals surface area contributed by atoms with Gasteiger partial charge in [0.05, 0.1) is 18.8 Å². The molecule has 3 atom stereocenters. The first kappa shape index (κ1) is 49.9. The molecule has 0 spiro atoms. The third-order valence-corrected chi connectivity index (χ3v) is 9.00. The first-order valence-corrected chi connectivity index (χ1v) is 22.2. The van der Waals surface area contributed by atoms with E-state index in [2.05, 4.69) is 116 Å². The summed E-state index contributed by atoms with van der Waals surface area (Å²) < 4.78 is 32.1. The molecule has 1 saturated heterocycles. The van der Waals surface area contributed by atoms with Crippen LogP contribution in [-0.4, -0.2) is 53.3 Å². The van der Waals surface area contributed by atoms with Gasteiger partial charge in [-0.05, 0) is 96.3 Å². The molecule has 10 heteroatoms. The van der Waals surface area contributed by atoms with Crippen LogP contribution in [0, 0.1) is 0 Å². The summed E-state index contributed by atoms with van der Waals surface area (Å²) >= 11 is 0. The Labute approximate surface area is 332 Å². The van der Waals surface area contributed by atoms with Crippen LogP contribution < -0.4 is 0 Å². The van der Waals surface area contributed by atoms with E-state index in [-0.39, 0.29) is 31.7 Å². The van der Waals surface area contributed by atoms with Crippen LogP contribution in [0.1, 0.15) is 142 Å². The molecule has 0 saturated carbocycles. The Kier molecular flexibility index (Phi) is 32.1. The average Bonchev–Trinajstić information content (AvgIpc) is 3.91. The van der Waals surface area contributed by atoms with Crippen LogP contribution in [0.15, 0.2) is 97.2 Å². The number of hydrogen-bond donors (Lipinski definition) is 2. The van der Waals surface area contributed by atoms with Crippen LogP contribution in [0.25, 0.3) is 0 Å². The van der Waals surface area contributed by atoms with Crippen molar-refractivity contribution in [3.8, 4) is 0 Å². The fraction of sp³-hybridized carbons (Fsp3) is 0.600. The zero-order valence-corrected chi connectivity index (χ0v) is 34.6. The normalized spacial score (nSPS) is 17.2. The number of epoxide rings is 1. The van der Waals surface area contributed by atoms with Crippen molar-refractivity contribution in [3.05, 3.63) is 97.2 Å². The maximum absolute atomic E-state index is 12.4. The van der Waals surface area contributed by atoms with Crippen LogP contribution in [-0.2, 0) is 32.9 Å². The second-order valence-corrected chi connectivity index (χ2v) is 14.9. The van der Waals surface area contributed by atoms with Crippen LogP contribution in [0.5, 0.6) is 0 Å². The average molecular weight is 787 g/mol. The summed E-state index contributed by atoms with van der Waals surface area (Å²) in [6, 6.07) is 0.